The zero-order chi connectivity index (χ0) is 10.1. The second-order valence-electron chi connectivity index (χ2n) is 3.70. The van der Waals surface area contributed by atoms with Crippen LogP contribution in [0.5, 0.6) is 0 Å². The van der Waals surface area contributed by atoms with Gasteiger partial charge < -0.3 is 5.11 Å². The molecule has 0 bridgehead atoms. The van der Waals surface area contributed by atoms with E-state index in [2.05, 4.69) is 0 Å². The minimum atomic E-state index is -0.819. The Bertz CT molecular complexity index is 370. The van der Waals surface area contributed by atoms with Gasteiger partial charge in [0.05, 0.1) is 6.42 Å². The highest BCUT2D eigenvalue weighted by molar-refractivity contribution is 6.31. The molecule has 0 radical (unpaired) electrons. The Morgan fingerprint density at radius 1 is 1.50 bits per heavy atom. The quantitative estimate of drug-likeness (QED) is 0.833. The molecule has 74 valence electrons. The Balaban J connectivity index is 2.21. The largest absolute Gasteiger partial charge is 0.481 e. The van der Waals surface area contributed by atoms with Crippen LogP contribution in [-0.4, -0.2) is 11.1 Å². The maximum atomic E-state index is 10.5. The summed E-state index contributed by atoms with van der Waals surface area (Å²) < 4.78 is 0. The van der Waals surface area contributed by atoms with Crippen LogP contribution in [0.25, 0.3) is 0 Å². The average Bonchev–Trinajstić information content (AvgIpc) is 2.86. The fourth-order valence-corrected chi connectivity index (χ4v) is 1.94. The second-order valence-corrected chi connectivity index (χ2v) is 4.11. The zero-order valence-electron chi connectivity index (χ0n) is 7.66. The van der Waals surface area contributed by atoms with E-state index in [0.717, 1.165) is 5.56 Å². The fraction of sp³-hybridized carbons (Fsp3) is 0.364. The lowest BCUT2D eigenvalue weighted by molar-refractivity contribution is -0.136. The summed E-state index contributed by atoms with van der Waals surface area (Å²) in [7, 11) is 0. The average molecular weight is 211 g/mol. The molecule has 0 aromatic heterocycles. The molecule has 3 heteroatoms. The van der Waals surface area contributed by atoms with E-state index in [9.17, 15) is 4.79 Å². The van der Waals surface area contributed by atoms with E-state index in [1.807, 2.05) is 12.1 Å². The van der Waals surface area contributed by atoms with Crippen molar-refractivity contribution >= 4 is 17.6 Å². The number of carboxylic acids is 1. The molecule has 1 aromatic carbocycles. The molecule has 1 saturated carbocycles. The third kappa shape index (κ3) is 2.07. The maximum absolute atomic E-state index is 10.5. The molecule has 0 unspecified atom stereocenters. The summed E-state index contributed by atoms with van der Waals surface area (Å²) >= 11 is 6.05. The predicted octanol–water partition coefficient (Wildman–Crippen LogP) is 2.84. The molecule has 1 aliphatic rings. The number of rotatable bonds is 3. The van der Waals surface area contributed by atoms with Crippen LogP contribution < -0.4 is 0 Å². The molecule has 14 heavy (non-hydrogen) atoms. The summed E-state index contributed by atoms with van der Waals surface area (Å²) in [6.07, 6.45) is 2.46. The smallest absolute Gasteiger partial charge is 0.307 e. The molecule has 1 N–H and O–H groups in total. The first-order valence-electron chi connectivity index (χ1n) is 4.67. The zero-order valence-corrected chi connectivity index (χ0v) is 8.42. The minimum absolute atomic E-state index is 0.0463. The third-order valence-electron chi connectivity index (χ3n) is 2.44. The van der Waals surface area contributed by atoms with Gasteiger partial charge in [0.1, 0.15) is 0 Å². The summed E-state index contributed by atoms with van der Waals surface area (Å²) in [5.74, 6) is -0.207. The van der Waals surface area contributed by atoms with Gasteiger partial charge in [-0.3, -0.25) is 4.79 Å². The van der Waals surface area contributed by atoms with Crippen molar-refractivity contribution in [3.05, 3.63) is 34.3 Å². The van der Waals surface area contributed by atoms with Crippen molar-refractivity contribution in [2.75, 3.05) is 0 Å². The first-order valence-corrected chi connectivity index (χ1v) is 5.04. The first-order chi connectivity index (χ1) is 6.66. The number of benzene rings is 1. The molecule has 1 aliphatic carbocycles. The molecular weight excluding hydrogens is 200 g/mol. The van der Waals surface area contributed by atoms with Crippen LogP contribution in [0.4, 0.5) is 0 Å². The normalized spacial score (nSPS) is 15.5. The lowest BCUT2D eigenvalue weighted by Gasteiger charge is -2.04. The van der Waals surface area contributed by atoms with E-state index < -0.39 is 5.97 Å². The van der Waals surface area contributed by atoms with E-state index in [0.29, 0.717) is 10.9 Å². The van der Waals surface area contributed by atoms with Crippen LogP contribution in [0.15, 0.2) is 18.2 Å². The topological polar surface area (TPSA) is 37.3 Å². The highest BCUT2D eigenvalue weighted by Gasteiger charge is 2.25. The number of hydrogen-bond acceptors (Lipinski definition) is 1. The van der Waals surface area contributed by atoms with Crippen molar-refractivity contribution in [2.24, 2.45) is 0 Å². The van der Waals surface area contributed by atoms with Gasteiger partial charge in [-0.25, -0.2) is 0 Å². The van der Waals surface area contributed by atoms with E-state index >= 15 is 0 Å². The van der Waals surface area contributed by atoms with Gasteiger partial charge in [-0.2, -0.15) is 0 Å². The number of hydrogen-bond donors (Lipinski definition) is 1. The standard InChI is InChI=1S/C11H11ClO2/c12-10-5-7(6-11(13)14)1-4-9(10)8-2-3-8/h1,4-5,8H,2-3,6H2,(H,13,14). The Hall–Kier alpha value is -1.02. The maximum Gasteiger partial charge on any atom is 0.307 e. The molecular formula is C11H11ClO2. The van der Waals surface area contributed by atoms with Crippen molar-refractivity contribution in [3.8, 4) is 0 Å². The van der Waals surface area contributed by atoms with Crippen LogP contribution in [0.2, 0.25) is 5.02 Å². The molecule has 0 spiro atoms. The van der Waals surface area contributed by atoms with Crippen molar-refractivity contribution in [2.45, 2.75) is 25.2 Å². The van der Waals surface area contributed by atoms with Gasteiger partial charge in [0, 0.05) is 5.02 Å². The second kappa shape index (κ2) is 3.62. The Morgan fingerprint density at radius 3 is 2.71 bits per heavy atom. The highest BCUT2D eigenvalue weighted by atomic mass is 35.5. The lowest BCUT2D eigenvalue weighted by Crippen LogP contribution is -2.00. The molecule has 0 heterocycles. The summed E-state index contributed by atoms with van der Waals surface area (Å²) in [6, 6.07) is 5.58. The Morgan fingerprint density at radius 2 is 2.21 bits per heavy atom. The SMILES string of the molecule is O=C(O)Cc1ccc(C2CC2)c(Cl)c1. The van der Waals surface area contributed by atoms with Crippen LogP contribution in [0.1, 0.15) is 29.9 Å². The van der Waals surface area contributed by atoms with Crippen LogP contribution in [0, 0.1) is 0 Å². The van der Waals surface area contributed by atoms with Gasteiger partial charge in [-0.15, -0.1) is 0 Å². The molecule has 1 aromatic rings. The molecule has 0 amide bonds. The summed E-state index contributed by atoms with van der Waals surface area (Å²) in [4.78, 5) is 10.5. The van der Waals surface area contributed by atoms with Gasteiger partial charge in [-0.1, -0.05) is 23.7 Å². The fourth-order valence-electron chi connectivity index (χ4n) is 1.58. The van der Waals surface area contributed by atoms with Gasteiger partial charge in [0.15, 0.2) is 0 Å². The Kier molecular flexibility index (Phi) is 2.46. The molecule has 1 fully saturated rings. The minimum Gasteiger partial charge on any atom is -0.481 e. The van der Waals surface area contributed by atoms with E-state index in [4.69, 9.17) is 16.7 Å². The van der Waals surface area contributed by atoms with Gasteiger partial charge in [0.2, 0.25) is 0 Å². The van der Waals surface area contributed by atoms with Crippen LogP contribution in [0.3, 0.4) is 0 Å². The summed E-state index contributed by atoms with van der Waals surface area (Å²) in [5, 5.41) is 9.32. The number of halogens is 1. The molecule has 2 nitrogen and oxygen atoms in total. The van der Waals surface area contributed by atoms with Gasteiger partial charge in [0.25, 0.3) is 0 Å². The molecule has 0 saturated heterocycles. The van der Waals surface area contributed by atoms with Crippen molar-refractivity contribution in [1.29, 1.82) is 0 Å². The number of aliphatic carboxylic acids is 1. The van der Waals surface area contributed by atoms with Crippen molar-refractivity contribution in [1.82, 2.24) is 0 Å². The van der Waals surface area contributed by atoms with E-state index in [1.54, 1.807) is 6.07 Å². The van der Waals surface area contributed by atoms with Crippen LogP contribution >= 0.6 is 11.6 Å². The van der Waals surface area contributed by atoms with Gasteiger partial charge in [-0.05, 0) is 36.0 Å². The van der Waals surface area contributed by atoms with E-state index in [-0.39, 0.29) is 6.42 Å². The van der Waals surface area contributed by atoms with Gasteiger partial charge >= 0.3 is 5.97 Å². The summed E-state index contributed by atoms with van der Waals surface area (Å²) in [5.41, 5.74) is 1.94. The highest BCUT2D eigenvalue weighted by Crippen LogP contribution is 2.43. The molecule has 0 aliphatic heterocycles. The summed E-state index contributed by atoms with van der Waals surface area (Å²) in [6.45, 7) is 0. The number of carbonyl (C=O) groups is 1. The number of carboxylic acid groups (broad SMARTS) is 1. The van der Waals surface area contributed by atoms with Crippen LogP contribution in [-0.2, 0) is 11.2 Å². The predicted molar refractivity (Wildman–Crippen MR) is 54.8 cm³/mol. The first kappa shape index (κ1) is 9.53. The monoisotopic (exact) mass is 210 g/mol. The van der Waals surface area contributed by atoms with Crippen molar-refractivity contribution in [3.63, 3.8) is 0 Å². The molecule has 2 rings (SSSR count). The lowest BCUT2D eigenvalue weighted by atomic mass is 10.1. The Labute approximate surface area is 87.5 Å². The molecule has 0 atom stereocenters. The van der Waals surface area contributed by atoms with E-state index in [1.165, 1.54) is 18.4 Å². The third-order valence-corrected chi connectivity index (χ3v) is 2.76. The van der Waals surface area contributed by atoms with Crippen molar-refractivity contribution < 1.29 is 9.90 Å².